The van der Waals surface area contributed by atoms with Crippen LogP contribution in [-0.4, -0.2) is 18.2 Å². The lowest BCUT2D eigenvalue weighted by Gasteiger charge is -2.25. The SMILES string of the molecule is COc1ccc(C)cc1/C(=C/C(=O)O)C1CCCCC1. The van der Waals surface area contributed by atoms with E-state index in [0.717, 1.165) is 35.3 Å². The van der Waals surface area contributed by atoms with Gasteiger partial charge in [-0.25, -0.2) is 4.79 Å². The molecule has 3 nitrogen and oxygen atoms in total. The average Bonchev–Trinajstić information content (AvgIpc) is 2.45. The number of ether oxygens (including phenoxy) is 1. The van der Waals surface area contributed by atoms with Crippen LogP contribution in [0.3, 0.4) is 0 Å². The van der Waals surface area contributed by atoms with Gasteiger partial charge in [-0.2, -0.15) is 0 Å². The first kappa shape index (κ1) is 14.6. The van der Waals surface area contributed by atoms with Crippen LogP contribution in [0.4, 0.5) is 0 Å². The fraction of sp³-hybridized carbons (Fsp3) is 0.471. The molecule has 1 saturated carbocycles. The monoisotopic (exact) mass is 274 g/mol. The molecule has 1 aromatic rings. The second-order valence-electron chi connectivity index (χ2n) is 5.48. The molecule has 108 valence electrons. The van der Waals surface area contributed by atoms with E-state index >= 15 is 0 Å². The van der Waals surface area contributed by atoms with Crippen molar-refractivity contribution >= 4 is 11.5 Å². The van der Waals surface area contributed by atoms with Crippen molar-refractivity contribution < 1.29 is 14.6 Å². The average molecular weight is 274 g/mol. The zero-order chi connectivity index (χ0) is 14.5. The van der Waals surface area contributed by atoms with Crippen molar-refractivity contribution in [1.82, 2.24) is 0 Å². The largest absolute Gasteiger partial charge is 0.496 e. The van der Waals surface area contributed by atoms with E-state index in [1.807, 2.05) is 25.1 Å². The summed E-state index contributed by atoms with van der Waals surface area (Å²) in [5, 5.41) is 9.19. The summed E-state index contributed by atoms with van der Waals surface area (Å²) in [7, 11) is 1.63. The summed E-state index contributed by atoms with van der Waals surface area (Å²) >= 11 is 0. The predicted octanol–water partition coefficient (Wildman–Crippen LogP) is 4.05. The summed E-state index contributed by atoms with van der Waals surface area (Å²) in [6.45, 7) is 2.02. The van der Waals surface area contributed by atoms with Crippen LogP contribution in [0.15, 0.2) is 24.3 Å². The second kappa shape index (κ2) is 6.60. The summed E-state index contributed by atoms with van der Waals surface area (Å²) in [5.41, 5.74) is 2.97. The van der Waals surface area contributed by atoms with E-state index in [9.17, 15) is 9.90 Å². The van der Waals surface area contributed by atoms with Crippen molar-refractivity contribution in [2.24, 2.45) is 5.92 Å². The maximum Gasteiger partial charge on any atom is 0.328 e. The van der Waals surface area contributed by atoms with Gasteiger partial charge in [-0.1, -0.05) is 30.9 Å². The molecule has 0 aliphatic heterocycles. The van der Waals surface area contributed by atoms with Crippen molar-refractivity contribution in [3.05, 3.63) is 35.4 Å². The van der Waals surface area contributed by atoms with Gasteiger partial charge >= 0.3 is 5.97 Å². The number of allylic oxidation sites excluding steroid dienone is 1. The molecule has 0 heterocycles. The van der Waals surface area contributed by atoms with Crippen LogP contribution in [0.2, 0.25) is 0 Å². The predicted molar refractivity (Wildman–Crippen MR) is 79.9 cm³/mol. The van der Waals surface area contributed by atoms with Crippen molar-refractivity contribution in [2.45, 2.75) is 39.0 Å². The molecule has 1 aromatic carbocycles. The van der Waals surface area contributed by atoms with Gasteiger partial charge in [0.1, 0.15) is 5.75 Å². The molecule has 0 bridgehead atoms. The molecule has 0 spiro atoms. The van der Waals surface area contributed by atoms with Crippen molar-refractivity contribution in [3.8, 4) is 5.75 Å². The number of carboxylic acids is 1. The molecule has 0 saturated heterocycles. The van der Waals surface area contributed by atoms with Gasteiger partial charge in [-0.15, -0.1) is 0 Å². The number of aryl methyl sites for hydroxylation is 1. The Bertz CT molecular complexity index is 511. The minimum atomic E-state index is -0.880. The Morgan fingerprint density at radius 1 is 1.30 bits per heavy atom. The van der Waals surface area contributed by atoms with Gasteiger partial charge in [0.2, 0.25) is 0 Å². The zero-order valence-corrected chi connectivity index (χ0v) is 12.2. The second-order valence-corrected chi connectivity index (χ2v) is 5.48. The highest BCUT2D eigenvalue weighted by Gasteiger charge is 2.22. The molecule has 3 heteroatoms. The Morgan fingerprint density at radius 2 is 2.00 bits per heavy atom. The lowest BCUT2D eigenvalue weighted by Crippen LogP contribution is -2.11. The molecule has 0 amide bonds. The Kier molecular flexibility index (Phi) is 4.83. The van der Waals surface area contributed by atoms with Crippen LogP contribution in [-0.2, 0) is 4.79 Å². The van der Waals surface area contributed by atoms with E-state index in [2.05, 4.69) is 0 Å². The fourth-order valence-corrected chi connectivity index (χ4v) is 3.01. The van der Waals surface area contributed by atoms with Gasteiger partial charge in [0.15, 0.2) is 0 Å². The summed E-state index contributed by atoms with van der Waals surface area (Å²) in [6, 6.07) is 5.94. The topological polar surface area (TPSA) is 46.5 Å². The van der Waals surface area contributed by atoms with Gasteiger partial charge in [0.25, 0.3) is 0 Å². The van der Waals surface area contributed by atoms with Crippen LogP contribution < -0.4 is 4.74 Å². The van der Waals surface area contributed by atoms with E-state index in [4.69, 9.17) is 4.74 Å². The van der Waals surface area contributed by atoms with Gasteiger partial charge < -0.3 is 9.84 Å². The third-order valence-electron chi connectivity index (χ3n) is 3.99. The van der Waals surface area contributed by atoms with Gasteiger partial charge in [-0.3, -0.25) is 0 Å². The van der Waals surface area contributed by atoms with E-state index in [-0.39, 0.29) is 0 Å². The molecular formula is C17H22O3. The van der Waals surface area contributed by atoms with Crippen molar-refractivity contribution in [1.29, 1.82) is 0 Å². The number of hydrogen-bond donors (Lipinski definition) is 1. The first-order chi connectivity index (χ1) is 9.61. The number of methoxy groups -OCH3 is 1. The quantitative estimate of drug-likeness (QED) is 0.842. The molecule has 0 aromatic heterocycles. The number of hydrogen-bond acceptors (Lipinski definition) is 2. The summed E-state index contributed by atoms with van der Waals surface area (Å²) < 4.78 is 5.42. The van der Waals surface area contributed by atoms with Gasteiger partial charge in [0, 0.05) is 11.6 Å². The van der Waals surface area contributed by atoms with E-state index in [1.165, 1.54) is 25.3 Å². The zero-order valence-electron chi connectivity index (χ0n) is 12.2. The maximum absolute atomic E-state index is 11.2. The van der Waals surface area contributed by atoms with Crippen molar-refractivity contribution in [2.75, 3.05) is 7.11 Å². The number of aliphatic carboxylic acids is 1. The Hall–Kier alpha value is -1.77. The van der Waals surface area contributed by atoms with Crippen LogP contribution in [0, 0.1) is 12.8 Å². The molecule has 20 heavy (non-hydrogen) atoms. The lowest BCUT2D eigenvalue weighted by molar-refractivity contribution is -0.131. The minimum Gasteiger partial charge on any atom is -0.496 e. The van der Waals surface area contributed by atoms with Crippen molar-refractivity contribution in [3.63, 3.8) is 0 Å². The Labute approximate surface area is 120 Å². The highest BCUT2D eigenvalue weighted by molar-refractivity contribution is 5.91. The fourth-order valence-electron chi connectivity index (χ4n) is 3.01. The number of carboxylic acid groups (broad SMARTS) is 1. The maximum atomic E-state index is 11.2. The molecule has 0 radical (unpaired) electrons. The molecule has 2 rings (SSSR count). The molecular weight excluding hydrogens is 252 g/mol. The van der Waals surface area contributed by atoms with Gasteiger partial charge in [-0.05, 0) is 43.4 Å². The highest BCUT2D eigenvalue weighted by Crippen LogP contribution is 2.39. The molecule has 0 unspecified atom stereocenters. The molecule has 1 N–H and O–H groups in total. The molecule has 0 atom stereocenters. The van der Waals surface area contributed by atoms with E-state index < -0.39 is 5.97 Å². The van der Waals surface area contributed by atoms with E-state index in [1.54, 1.807) is 7.11 Å². The van der Waals surface area contributed by atoms with E-state index in [0.29, 0.717) is 5.92 Å². The molecule has 1 fully saturated rings. The normalized spacial score (nSPS) is 17.0. The number of rotatable bonds is 4. The Balaban J connectivity index is 2.45. The number of carbonyl (C=O) groups is 1. The highest BCUT2D eigenvalue weighted by atomic mass is 16.5. The van der Waals surface area contributed by atoms with Gasteiger partial charge in [0.05, 0.1) is 7.11 Å². The lowest BCUT2D eigenvalue weighted by atomic mass is 9.80. The smallest absolute Gasteiger partial charge is 0.328 e. The summed E-state index contributed by atoms with van der Waals surface area (Å²) in [5.74, 6) is 0.207. The molecule has 1 aliphatic carbocycles. The first-order valence-electron chi connectivity index (χ1n) is 7.21. The standard InChI is InChI=1S/C17H22O3/c1-12-8-9-16(20-2)15(10-12)14(11-17(18)19)13-6-4-3-5-7-13/h8-11,13H,3-7H2,1-2H3,(H,18,19)/b14-11+. The third-order valence-corrected chi connectivity index (χ3v) is 3.99. The van der Waals surface area contributed by atoms with Crippen LogP contribution in [0.1, 0.15) is 43.2 Å². The third kappa shape index (κ3) is 3.41. The minimum absolute atomic E-state index is 0.329. The van der Waals surface area contributed by atoms with Crippen LogP contribution in [0.25, 0.3) is 5.57 Å². The Morgan fingerprint density at radius 3 is 2.60 bits per heavy atom. The number of benzene rings is 1. The summed E-state index contributed by atoms with van der Waals surface area (Å²) in [6.07, 6.45) is 7.10. The van der Waals surface area contributed by atoms with Crippen LogP contribution in [0.5, 0.6) is 5.75 Å². The first-order valence-corrected chi connectivity index (χ1v) is 7.21. The molecule has 1 aliphatic rings. The summed E-state index contributed by atoms with van der Waals surface area (Å²) in [4.78, 5) is 11.2. The van der Waals surface area contributed by atoms with Crippen LogP contribution >= 0.6 is 0 Å².